The zero-order chi connectivity index (χ0) is 12.4. The molecule has 1 fully saturated rings. The molecule has 1 aliphatic heterocycles. The van der Waals surface area contributed by atoms with E-state index in [1.54, 1.807) is 6.92 Å². The normalized spacial score (nSPS) is 20.4. The number of hydrogen-bond donors (Lipinski definition) is 0. The molecule has 1 aromatic carbocycles. The van der Waals surface area contributed by atoms with E-state index in [0.29, 0.717) is 5.92 Å². The van der Waals surface area contributed by atoms with Crippen LogP contribution in [0.15, 0.2) is 22.7 Å². The Morgan fingerprint density at radius 1 is 1.47 bits per heavy atom. The minimum Gasteiger partial charge on any atom is -0.371 e. The zero-order valence-corrected chi connectivity index (χ0v) is 12.0. The van der Waals surface area contributed by atoms with Gasteiger partial charge in [0.2, 0.25) is 0 Å². The second-order valence-electron chi connectivity index (χ2n) is 4.91. The molecule has 2 rings (SSSR count). The predicted octanol–water partition coefficient (Wildman–Crippen LogP) is 3.89. The molecule has 1 saturated heterocycles. The SMILES string of the molecule is CC(=O)c1cc(Br)ccc1N1CCCC(C)C1. The van der Waals surface area contributed by atoms with Crippen molar-refractivity contribution >= 4 is 27.4 Å². The van der Waals surface area contributed by atoms with E-state index in [9.17, 15) is 4.79 Å². The smallest absolute Gasteiger partial charge is 0.161 e. The first-order valence-electron chi connectivity index (χ1n) is 6.13. The lowest BCUT2D eigenvalue weighted by Crippen LogP contribution is -2.35. The quantitative estimate of drug-likeness (QED) is 0.772. The molecular formula is C14H18BrNO. The molecule has 0 spiro atoms. The Morgan fingerprint density at radius 2 is 2.24 bits per heavy atom. The molecule has 0 bridgehead atoms. The fourth-order valence-electron chi connectivity index (χ4n) is 2.47. The van der Waals surface area contributed by atoms with Crippen molar-refractivity contribution in [1.82, 2.24) is 0 Å². The standard InChI is InChI=1S/C14H18BrNO/c1-10-4-3-7-16(9-10)14-6-5-12(15)8-13(14)11(2)17/h5-6,8,10H,3-4,7,9H2,1-2H3. The first-order chi connectivity index (χ1) is 8.08. The van der Waals surface area contributed by atoms with Crippen LogP contribution in [0, 0.1) is 5.92 Å². The number of halogens is 1. The molecule has 1 aliphatic rings. The van der Waals surface area contributed by atoms with Gasteiger partial charge in [-0.15, -0.1) is 0 Å². The van der Waals surface area contributed by atoms with Crippen LogP contribution >= 0.6 is 15.9 Å². The van der Waals surface area contributed by atoms with Gasteiger partial charge in [-0.2, -0.15) is 0 Å². The van der Waals surface area contributed by atoms with Crippen molar-refractivity contribution in [2.24, 2.45) is 5.92 Å². The monoisotopic (exact) mass is 295 g/mol. The van der Waals surface area contributed by atoms with E-state index >= 15 is 0 Å². The van der Waals surface area contributed by atoms with E-state index in [1.807, 2.05) is 12.1 Å². The molecule has 0 N–H and O–H groups in total. The van der Waals surface area contributed by atoms with Crippen molar-refractivity contribution in [3.8, 4) is 0 Å². The Hall–Kier alpha value is -0.830. The summed E-state index contributed by atoms with van der Waals surface area (Å²) in [5, 5.41) is 0. The third-order valence-corrected chi connectivity index (χ3v) is 3.83. The van der Waals surface area contributed by atoms with Gasteiger partial charge in [0.1, 0.15) is 0 Å². The van der Waals surface area contributed by atoms with Gasteiger partial charge in [-0.3, -0.25) is 4.79 Å². The predicted molar refractivity (Wildman–Crippen MR) is 74.8 cm³/mol. The van der Waals surface area contributed by atoms with Gasteiger partial charge in [0.05, 0.1) is 0 Å². The lowest BCUT2D eigenvalue weighted by atomic mass is 9.98. The van der Waals surface area contributed by atoms with E-state index in [4.69, 9.17) is 0 Å². The van der Waals surface area contributed by atoms with E-state index in [0.717, 1.165) is 28.8 Å². The fourth-order valence-corrected chi connectivity index (χ4v) is 2.84. The number of anilines is 1. The second-order valence-corrected chi connectivity index (χ2v) is 5.83. The van der Waals surface area contributed by atoms with Crippen LogP contribution in [0.1, 0.15) is 37.0 Å². The lowest BCUT2D eigenvalue weighted by molar-refractivity contribution is 0.101. The highest BCUT2D eigenvalue weighted by Gasteiger charge is 2.20. The summed E-state index contributed by atoms with van der Waals surface area (Å²) in [5.74, 6) is 0.853. The van der Waals surface area contributed by atoms with Crippen LogP contribution in [0.5, 0.6) is 0 Å². The highest BCUT2D eigenvalue weighted by Crippen LogP contribution is 2.28. The summed E-state index contributed by atoms with van der Waals surface area (Å²) < 4.78 is 0.969. The summed E-state index contributed by atoms with van der Waals surface area (Å²) in [7, 11) is 0. The molecular weight excluding hydrogens is 278 g/mol. The zero-order valence-electron chi connectivity index (χ0n) is 10.4. The van der Waals surface area contributed by atoms with Gasteiger partial charge >= 0.3 is 0 Å². The minimum absolute atomic E-state index is 0.138. The highest BCUT2D eigenvalue weighted by molar-refractivity contribution is 9.10. The number of Topliss-reactive ketones (excluding diaryl/α,β-unsaturated/α-hetero) is 1. The van der Waals surface area contributed by atoms with Gasteiger partial charge in [0.25, 0.3) is 0 Å². The molecule has 3 heteroatoms. The van der Waals surface area contributed by atoms with Gasteiger partial charge in [-0.05, 0) is 43.9 Å². The molecule has 2 nitrogen and oxygen atoms in total. The number of rotatable bonds is 2. The number of nitrogens with zero attached hydrogens (tertiary/aromatic N) is 1. The van der Waals surface area contributed by atoms with Gasteiger partial charge < -0.3 is 4.90 Å². The van der Waals surface area contributed by atoms with Crippen molar-refractivity contribution < 1.29 is 4.79 Å². The number of ketones is 1. The average Bonchev–Trinajstić information content (AvgIpc) is 2.28. The number of benzene rings is 1. The van der Waals surface area contributed by atoms with Gasteiger partial charge in [-0.1, -0.05) is 22.9 Å². The molecule has 1 unspecified atom stereocenters. The first kappa shape index (κ1) is 12.6. The van der Waals surface area contributed by atoms with Crippen LogP contribution in [0.25, 0.3) is 0 Å². The Kier molecular flexibility index (Phi) is 3.87. The Labute approximate surface area is 111 Å². The summed E-state index contributed by atoms with van der Waals surface area (Å²) in [6.07, 6.45) is 2.51. The van der Waals surface area contributed by atoms with Crippen molar-refractivity contribution in [2.75, 3.05) is 18.0 Å². The van der Waals surface area contributed by atoms with Crippen LogP contribution < -0.4 is 4.90 Å². The van der Waals surface area contributed by atoms with Crippen molar-refractivity contribution in [3.63, 3.8) is 0 Å². The molecule has 92 valence electrons. The molecule has 0 radical (unpaired) electrons. The third kappa shape index (κ3) is 2.89. The van der Waals surface area contributed by atoms with Crippen LogP contribution in [-0.4, -0.2) is 18.9 Å². The molecule has 0 saturated carbocycles. The average molecular weight is 296 g/mol. The molecule has 0 aromatic heterocycles. The van der Waals surface area contributed by atoms with E-state index < -0.39 is 0 Å². The van der Waals surface area contributed by atoms with Gasteiger partial charge in [-0.25, -0.2) is 0 Å². The molecule has 0 aliphatic carbocycles. The Morgan fingerprint density at radius 3 is 2.88 bits per heavy atom. The van der Waals surface area contributed by atoms with E-state index in [2.05, 4.69) is 33.8 Å². The minimum atomic E-state index is 0.138. The van der Waals surface area contributed by atoms with Gasteiger partial charge in [0.15, 0.2) is 5.78 Å². The highest BCUT2D eigenvalue weighted by atomic mass is 79.9. The summed E-state index contributed by atoms with van der Waals surface area (Å²) in [6, 6.07) is 6.00. The molecule has 1 atom stereocenters. The third-order valence-electron chi connectivity index (χ3n) is 3.34. The Balaban J connectivity index is 2.33. The number of piperidine rings is 1. The van der Waals surface area contributed by atoms with E-state index in [1.165, 1.54) is 12.8 Å². The lowest BCUT2D eigenvalue weighted by Gasteiger charge is -2.33. The maximum atomic E-state index is 11.7. The Bertz CT molecular complexity index is 430. The maximum absolute atomic E-state index is 11.7. The molecule has 0 amide bonds. The topological polar surface area (TPSA) is 20.3 Å². The first-order valence-corrected chi connectivity index (χ1v) is 6.92. The molecule has 1 aromatic rings. The summed E-state index contributed by atoms with van der Waals surface area (Å²) >= 11 is 3.43. The fraction of sp³-hybridized carbons (Fsp3) is 0.500. The number of hydrogen-bond acceptors (Lipinski definition) is 2. The maximum Gasteiger partial charge on any atom is 0.161 e. The van der Waals surface area contributed by atoms with Gasteiger partial charge in [0, 0.05) is 28.8 Å². The van der Waals surface area contributed by atoms with E-state index in [-0.39, 0.29) is 5.78 Å². The van der Waals surface area contributed by atoms with Crippen LogP contribution in [-0.2, 0) is 0 Å². The second kappa shape index (κ2) is 5.21. The number of carbonyl (C=O) groups is 1. The summed E-state index contributed by atoms with van der Waals surface area (Å²) in [5.41, 5.74) is 1.92. The van der Waals surface area contributed by atoms with Crippen LogP contribution in [0.4, 0.5) is 5.69 Å². The van der Waals surface area contributed by atoms with Crippen molar-refractivity contribution in [3.05, 3.63) is 28.2 Å². The molecule has 1 heterocycles. The van der Waals surface area contributed by atoms with Crippen LogP contribution in [0.3, 0.4) is 0 Å². The largest absolute Gasteiger partial charge is 0.371 e. The summed E-state index contributed by atoms with van der Waals surface area (Å²) in [6.45, 7) is 6.03. The summed E-state index contributed by atoms with van der Waals surface area (Å²) in [4.78, 5) is 14.0. The van der Waals surface area contributed by atoms with Crippen molar-refractivity contribution in [2.45, 2.75) is 26.7 Å². The molecule has 17 heavy (non-hydrogen) atoms. The van der Waals surface area contributed by atoms with Crippen LogP contribution in [0.2, 0.25) is 0 Å². The number of carbonyl (C=O) groups excluding carboxylic acids is 1. The van der Waals surface area contributed by atoms with Crippen molar-refractivity contribution in [1.29, 1.82) is 0 Å².